The molecule has 5 heteroatoms. The minimum Gasteiger partial charge on any atom is -0.381 e. The van der Waals surface area contributed by atoms with Crippen molar-refractivity contribution in [3.05, 3.63) is 0 Å². The van der Waals surface area contributed by atoms with Crippen molar-refractivity contribution < 1.29 is 19.1 Å². The van der Waals surface area contributed by atoms with Crippen LogP contribution in [0.1, 0.15) is 517 Å². The average molecular weight is 1700 g/mol. The molecule has 11 aliphatic rings. The minimum absolute atomic E-state index is 0. The summed E-state index contributed by atoms with van der Waals surface area (Å²) in [4.78, 5) is 25.1. The summed E-state index contributed by atoms with van der Waals surface area (Å²) in [5.41, 5.74) is 1.28. The molecule has 15 atom stereocenters. The van der Waals surface area contributed by atoms with E-state index in [1.807, 2.05) is 35.2 Å². The van der Waals surface area contributed by atoms with Gasteiger partial charge in [0.25, 0.3) is 0 Å². The van der Waals surface area contributed by atoms with E-state index < -0.39 is 0 Å². The molecule has 724 valence electrons. The van der Waals surface area contributed by atoms with Crippen molar-refractivity contribution in [3.63, 3.8) is 0 Å². The molecular weight excluding hydrogens is 1470 g/mol. The molecule has 0 spiro atoms. The normalized spacial score (nSPS) is 30.7. The van der Waals surface area contributed by atoms with Gasteiger partial charge in [-0.3, -0.25) is 9.59 Å². The third-order valence-corrected chi connectivity index (χ3v) is 33.9. The van der Waals surface area contributed by atoms with E-state index in [0.717, 1.165) is 186 Å². The molecule has 0 aliphatic heterocycles. The SMILES string of the molecule is C.CC(C)C1CCC(C)(C)CC1.CC(C)C1CCCCC1.CC(C)[C@@H]1CCCC(C)(C)C1.CC(C)[C@@H]1CCCC[C@@H]1C.CC(C)[C@@H]1CCCC[C@H]1C.CC(C)[C@@H]1CCC[C@H](C(=O)N(C)C)C1.CC(C)[C@@H]1CCC[C@H](C)C1.CC1CCC(C(C)C)CC1.CCC(=O)[C@H]1CCC[C@@H](C(C)C)C1.CO[C@@H]1CCCC[C@H]1C(C)C.CO[C@H]1CCC[C@@H](C(C)C)C1. The standard InChI is InChI=1S/C12H23NO.C12H22O.2C11H22.2C10H20O.4C10H20.C9H18.CH4/c1-9(2)10-6-5-7-11(8-10)12(14)13(3)4;1-4-12(13)11-7-5-6-10(8-11)9(2)3;1-9(2)10-5-7-11(3,4)8-6-10;1-9(2)10-6-5-7-11(3,4)8-10;1-8(2)9-5-4-6-10(7-9)11-3;1-8(2)9-6-4-5-7-10(9)11-3;1-8(2)10-6-4-9(3)5-7-10;1-8(2)10-6-4-5-9(3)7-10;2*1-8(2)10-7-5-4-6-9(10)3;1-8(2)9-6-4-3-5-7-9;/h9-11H,5-8H2,1-4H3;9-11H,4-8H2,1-3H3;2*9-10H,5-8H2,1-4H3;2*8-10H,4-7H2,1-3H3;4*8-10H,4-7H2,1-3H3;8-9H,3-7H2,1-2H3;1H4/t2*10-,11+;;10-;2*9-,10+;;2*9-,10+;9-,10-;;/m11.110.010../s1. The highest BCUT2D eigenvalue weighted by Gasteiger charge is 2.35. The number of ether oxygens (including phenoxy) is 2. The largest absolute Gasteiger partial charge is 0.381 e. The maximum atomic E-state index is 11.8. The zero-order valence-electron chi connectivity index (χ0n) is 88.9. The number of carbonyl (C=O) groups is 2. The Balaban J connectivity index is 0.00000131. The van der Waals surface area contributed by atoms with Crippen LogP contribution in [-0.4, -0.2) is 57.1 Å². The van der Waals surface area contributed by atoms with Crippen molar-refractivity contribution in [2.24, 2.45) is 177 Å². The van der Waals surface area contributed by atoms with Crippen molar-refractivity contribution in [3.8, 4) is 0 Å². The van der Waals surface area contributed by atoms with Crippen LogP contribution < -0.4 is 0 Å². The number of nitrogens with zero attached hydrogens (tertiary/aromatic N) is 1. The van der Waals surface area contributed by atoms with Crippen LogP contribution in [0.15, 0.2) is 0 Å². The van der Waals surface area contributed by atoms with Crippen molar-refractivity contribution >= 4 is 11.7 Å². The van der Waals surface area contributed by atoms with E-state index in [0.29, 0.717) is 46.6 Å². The summed E-state index contributed by atoms with van der Waals surface area (Å²) in [6, 6.07) is 0. The predicted octanol–water partition coefficient (Wildman–Crippen LogP) is 37.1. The summed E-state index contributed by atoms with van der Waals surface area (Å²) in [6.07, 6.45) is 65.0. The fourth-order valence-electron chi connectivity index (χ4n) is 23.9. The zero-order valence-corrected chi connectivity index (χ0v) is 88.9. The van der Waals surface area contributed by atoms with Crippen LogP contribution in [0.2, 0.25) is 0 Å². The Kier molecular flexibility index (Phi) is 65.9. The van der Waals surface area contributed by atoms with Crippen molar-refractivity contribution in [1.82, 2.24) is 4.90 Å². The lowest BCUT2D eigenvalue weighted by Gasteiger charge is -2.37. The number of carbonyl (C=O) groups excluding carboxylic acids is 2. The number of methoxy groups -OCH3 is 2. The quantitative estimate of drug-likeness (QED) is 0.155. The Morgan fingerprint density at radius 1 is 0.306 bits per heavy atom. The topological polar surface area (TPSA) is 55.8 Å². The van der Waals surface area contributed by atoms with E-state index in [2.05, 4.69) is 208 Å². The molecule has 5 nitrogen and oxygen atoms in total. The Hall–Kier alpha value is -0.940. The molecule has 11 aliphatic carbocycles. The summed E-state index contributed by atoms with van der Waals surface area (Å²) >= 11 is 0. The number of ketones is 1. The van der Waals surface area contributed by atoms with E-state index in [4.69, 9.17) is 9.47 Å². The van der Waals surface area contributed by atoms with Crippen LogP contribution in [0.4, 0.5) is 0 Å². The van der Waals surface area contributed by atoms with Crippen molar-refractivity contribution in [2.45, 2.75) is 530 Å². The zero-order chi connectivity index (χ0) is 91.0. The third-order valence-electron chi connectivity index (χ3n) is 33.9. The fourth-order valence-corrected chi connectivity index (χ4v) is 23.9. The average Bonchev–Trinajstić information content (AvgIpc) is 0.857. The third kappa shape index (κ3) is 52.6. The molecule has 0 radical (unpaired) electrons. The lowest BCUT2D eigenvalue weighted by Crippen LogP contribution is -2.33. The predicted molar refractivity (Wildman–Crippen MR) is 543 cm³/mol. The second kappa shape index (κ2) is 66.4. The van der Waals surface area contributed by atoms with Crippen LogP contribution >= 0.6 is 0 Å². The van der Waals surface area contributed by atoms with Gasteiger partial charge in [-0.15, -0.1) is 0 Å². The highest BCUT2D eigenvalue weighted by Crippen LogP contribution is 2.45. The Labute approximate surface area is 765 Å². The van der Waals surface area contributed by atoms with E-state index >= 15 is 0 Å². The van der Waals surface area contributed by atoms with Gasteiger partial charge in [0.1, 0.15) is 5.78 Å². The summed E-state index contributed by atoms with van der Waals surface area (Å²) in [7, 11) is 7.42. The molecule has 0 aromatic heterocycles. The van der Waals surface area contributed by atoms with Gasteiger partial charge in [0.05, 0.1) is 12.2 Å². The van der Waals surface area contributed by atoms with Crippen LogP contribution in [0.5, 0.6) is 0 Å². The first-order valence-electron chi connectivity index (χ1n) is 54.1. The van der Waals surface area contributed by atoms with Crippen LogP contribution in [0.3, 0.4) is 0 Å². The molecule has 11 saturated carbocycles. The van der Waals surface area contributed by atoms with Crippen LogP contribution in [-0.2, 0) is 19.1 Å². The molecule has 0 bridgehead atoms. The molecule has 0 saturated heterocycles. The second-order valence-electron chi connectivity index (χ2n) is 48.8. The molecule has 121 heavy (non-hydrogen) atoms. The number of hydrogen-bond acceptors (Lipinski definition) is 4. The molecule has 0 heterocycles. The molecule has 0 aromatic rings. The number of amides is 1. The van der Waals surface area contributed by atoms with Gasteiger partial charge in [-0.2, -0.15) is 0 Å². The van der Waals surface area contributed by atoms with Crippen LogP contribution in [0.25, 0.3) is 0 Å². The molecule has 0 N–H and O–H groups in total. The number of rotatable bonds is 16. The van der Waals surface area contributed by atoms with Gasteiger partial charge in [0.15, 0.2) is 0 Å². The van der Waals surface area contributed by atoms with Gasteiger partial charge >= 0.3 is 0 Å². The minimum atomic E-state index is 0. The van der Waals surface area contributed by atoms with E-state index in [1.54, 1.807) is 4.90 Å². The lowest BCUT2D eigenvalue weighted by atomic mass is 9.69. The van der Waals surface area contributed by atoms with Gasteiger partial charge in [-0.1, -0.05) is 389 Å². The maximum absolute atomic E-state index is 11.8. The second-order valence-corrected chi connectivity index (χ2v) is 48.8. The highest BCUT2D eigenvalue weighted by molar-refractivity contribution is 5.80. The fraction of sp³-hybridized carbons (Fsp3) is 0.983. The van der Waals surface area contributed by atoms with E-state index in [9.17, 15) is 9.59 Å². The van der Waals surface area contributed by atoms with Gasteiger partial charge in [-0.25, -0.2) is 0 Å². The number of hydrogen-bond donors (Lipinski definition) is 0. The highest BCUT2D eigenvalue weighted by atomic mass is 16.5. The molecule has 1 amide bonds. The number of Topliss-reactive ketones (excluding diaryl/α,β-unsaturated/α-hetero) is 1. The smallest absolute Gasteiger partial charge is 0.225 e. The first kappa shape index (κ1) is 120. The van der Waals surface area contributed by atoms with Crippen molar-refractivity contribution in [1.29, 1.82) is 0 Å². The van der Waals surface area contributed by atoms with Gasteiger partial charge in [-0.05, 0) is 287 Å². The summed E-state index contributed by atoms with van der Waals surface area (Å²) in [6.45, 7) is 72.7. The molecule has 11 rings (SSSR count). The van der Waals surface area contributed by atoms with E-state index in [1.165, 1.54) is 263 Å². The van der Waals surface area contributed by atoms with Crippen molar-refractivity contribution in [2.75, 3.05) is 28.3 Å². The Morgan fingerprint density at radius 3 is 1.00 bits per heavy atom. The Morgan fingerprint density at radius 2 is 0.653 bits per heavy atom. The maximum Gasteiger partial charge on any atom is 0.225 e. The van der Waals surface area contributed by atoms with Gasteiger partial charge < -0.3 is 14.4 Å². The Bertz CT molecular complexity index is 2370. The lowest BCUT2D eigenvalue weighted by molar-refractivity contribution is -0.134. The summed E-state index contributed by atoms with van der Waals surface area (Å²) < 4.78 is 10.8. The van der Waals surface area contributed by atoms with Gasteiger partial charge in [0.2, 0.25) is 5.91 Å². The summed E-state index contributed by atoms with van der Waals surface area (Å²) in [5.74, 6) is 25.5. The summed E-state index contributed by atoms with van der Waals surface area (Å²) in [5, 5.41) is 0. The molecule has 0 unspecified atom stereocenters. The van der Waals surface area contributed by atoms with Crippen LogP contribution in [0, 0.1) is 177 Å². The monoisotopic (exact) mass is 1700 g/mol. The molecule has 0 aromatic carbocycles. The van der Waals surface area contributed by atoms with E-state index in [-0.39, 0.29) is 7.43 Å². The molecular formula is C116H231NO4. The first-order chi connectivity index (χ1) is 56.3. The molecule has 11 fully saturated rings. The first-order valence-corrected chi connectivity index (χ1v) is 54.1. The van der Waals surface area contributed by atoms with Gasteiger partial charge in [0, 0.05) is 46.6 Å².